The molecule has 0 saturated carbocycles. The molecule has 1 aliphatic rings. The van der Waals surface area contributed by atoms with Crippen molar-refractivity contribution in [2.75, 3.05) is 0 Å². The van der Waals surface area contributed by atoms with Gasteiger partial charge in [0.2, 0.25) is 0 Å². The van der Waals surface area contributed by atoms with Crippen LogP contribution in [0, 0.1) is 0 Å². The summed E-state index contributed by atoms with van der Waals surface area (Å²) in [6, 6.07) is 21.2. The Balaban J connectivity index is 1.32. The molecule has 34 heavy (non-hydrogen) atoms. The first kappa shape index (κ1) is 21.1. The maximum atomic E-state index is 10.9. The first-order valence-electron chi connectivity index (χ1n) is 10.9. The number of rotatable bonds is 6. The summed E-state index contributed by atoms with van der Waals surface area (Å²) < 4.78 is 0. The van der Waals surface area contributed by atoms with Crippen LogP contribution in [0.15, 0.2) is 60.8 Å². The predicted molar refractivity (Wildman–Crippen MR) is 141 cm³/mol. The number of carbonyl (C=O) groups excluding carboxylic acids is 2. The van der Waals surface area contributed by atoms with Crippen LogP contribution >= 0.6 is 17.2 Å². The maximum absolute atomic E-state index is 10.9. The van der Waals surface area contributed by atoms with Gasteiger partial charge in [0.1, 0.15) is 23.2 Å². The molecule has 2 N–H and O–H groups in total. The van der Waals surface area contributed by atoms with Crippen LogP contribution in [0.5, 0.6) is 0 Å². The SMILES string of the molecule is O=CPc1ncc(-c2ccc3cc(-c4ccc5c(c4)CCc4[nH]c(PC=O)nc4-5)ccc3c2)[nH]1. The molecule has 3 aromatic carbocycles. The molecule has 5 aromatic rings. The Hall–Kier alpha value is -3.46. The molecule has 0 amide bonds. The number of aromatic amines is 2. The fourth-order valence-corrected chi connectivity index (χ4v) is 5.57. The summed E-state index contributed by atoms with van der Waals surface area (Å²) in [5.41, 5.74) is 10.4. The average molecular weight is 482 g/mol. The molecule has 2 aromatic heterocycles. The molecule has 2 heterocycles. The number of H-pyrrole nitrogens is 2. The van der Waals surface area contributed by atoms with Crippen molar-refractivity contribution in [2.24, 2.45) is 0 Å². The molecular weight excluding hydrogens is 462 g/mol. The summed E-state index contributed by atoms with van der Waals surface area (Å²) in [6.07, 6.45) is 3.64. The molecule has 6 rings (SSSR count). The third-order valence-electron chi connectivity index (χ3n) is 6.24. The summed E-state index contributed by atoms with van der Waals surface area (Å²) in [6.45, 7) is 0. The van der Waals surface area contributed by atoms with Crippen molar-refractivity contribution < 1.29 is 9.59 Å². The average Bonchev–Trinajstić information content (AvgIpc) is 3.50. The van der Waals surface area contributed by atoms with E-state index in [0.29, 0.717) is 5.57 Å². The largest absolute Gasteiger partial charge is 0.341 e. The Bertz CT molecular complexity index is 1570. The number of carbonyl (C=O) groups is 2. The molecule has 166 valence electrons. The lowest BCUT2D eigenvalue weighted by molar-refractivity contribution is 0.569. The summed E-state index contributed by atoms with van der Waals surface area (Å²) in [5, 5.41) is 2.32. The van der Waals surface area contributed by atoms with Gasteiger partial charge in [-0.15, -0.1) is 0 Å². The highest BCUT2D eigenvalue weighted by Gasteiger charge is 2.21. The van der Waals surface area contributed by atoms with Gasteiger partial charge in [0, 0.05) is 34.0 Å². The fourth-order valence-electron chi connectivity index (χ4n) is 4.60. The van der Waals surface area contributed by atoms with Crippen molar-refractivity contribution in [1.29, 1.82) is 0 Å². The molecule has 2 unspecified atom stereocenters. The van der Waals surface area contributed by atoms with E-state index in [9.17, 15) is 9.59 Å². The Morgan fingerprint density at radius 3 is 2.29 bits per heavy atom. The molecule has 2 atom stereocenters. The lowest BCUT2D eigenvalue weighted by Crippen LogP contribution is -2.03. The van der Waals surface area contributed by atoms with Crippen LogP contribution in [0.1, 0.15) is 11.3 Å². The Morgan fingerprint density at radius 2 is 1.47 bits per heavy atom. The standard InChI is InChI=1S/C26H20N4O2P2/c31-13-33-25-27-12-23(29-25)20-4-3-16-9-15(1-2-17(16)11-20)18-5-7-21-19(10-18)6-8-22-24(21)30-26(28-22)34-14-32/h1-5,7,9-14,33-34H,6,8H2,(H,27,29)(H,28,30). The molecule has 0 radical (unpaired) electrons. The van der Waals surface area contributed by atoms with Crippen molar-refractivity contribution in [1.82, 2.24) is 19.9 Å². The van der Waals surface area contributed by atoms with Crippen LogP contribution < -0.4 is 11.1 Å². The number of imidazole rings is 2. The molecule has 6 nitrogen and oxygen atoms in total. The molecule has 0 saturated heterocycles. The minimum Gasteiger partial charge on any atom is -0.341 e. The number of nitrogens with zero attached hydrogens (tertiary/aromatic N) is 2. The van der Waals surface area contributed by atoms with Gasteiger partial charge in [-0.2, -0.15) is 0 Å². The number of benzene rings is 3. The van der Waals surface area contributed by atoms with Gasteiger partial charge in [-0.25, -0.2) is 9.97 Å². The van der Waals surface area contributed by atoms with E-state index in [2.05, 4.69) is 74.5 Å². The molecule has 8 heteroatoms. The number of nitrogens with one attached hydrogen (secondary N) is 2. The predicted octanol–water partition coefficient (Wildman–Crippen LogP) is 4.37. The molecule has 0 aliphatic heterocycles. The van der Waals surface area contributed by atoms with Crippen LogP contribution in [-0.2, 0) is 22.4 Å². The zero-order valence-electron chi connectivity index (χ0n) is 18.1. The van der Waals surface area contributed by atoms with Crippen LogP contribution in [0.2, 0.25) is 0 Å². The second-order valence-electron chi connectivity index (χ2n) is 8.23. The smallest absolute Gasteiger partial charge is 0.146 e. The van der Waals surface area contributed by atoms with Gasteiger partial charge in [-0.3, -0.25) is 9.59 Å². The van der Waals surface area contributed by atoms with E-state index < -0.39 is 0 Å². The van der Waals surface area contributed by atoms with Crippen molar-refractivity contribution >= 4 is 51.1 Å². The van der Waals surface area contributed by atoms with E-state index in [1.165, 1.54) is 22.1 Å². The first-order valence-corrected chi connectivity index (χ1v) is 13.1. The highest BCUT2D eigenvalue weighted by molar-refractivity contribution is 7.62. The molecule has 0 bridgehead atoms. The zero-order valence-corrected chi connectivity index (χ0v) is 20.1. The summed E-state index contributed by atoms with van der Waals surface area (Å²) >= 11 is 0. The van der Waals surface area contributed by atoms with Crippen molar-refractivity contribution in [3.05, 3.63) is 72.1 Å². The van der Waals surface area contributed by atoms with Crippen LogP contribution in [0.25, 0.3) is 44.4 Å². The molecule has 0 spiro atoms. The van der Waals surface area contributed by atoms with Crippen LogP contribution in [0.3, 0.4) is 0 Å². The summed E-state index contributed by atoms with van der Waals surface area (Å²) in [7, 11) is 0.108. The lowest BCUT2D eigenvalue weighted by atomic mass is 9.89. The van der Waals surface area contributed by atoms with E-state index in [0.717, 1.165) is 64.1 Å². The normalized spacial score (nSPS) is 13.1. The molecular formula is C26H20N4O2P2. The fraction of sp³-hybridized carbons (Fsp3) is 0.0769. The topological polar surface area (TPSA) is 91.5 Å². The second kappa shape index (κ2) is 8.72. The van der Waals surface area contributed by atoms with E-state index in [4.69, 9.17) is 0 Å². The Morgan fingerprint density at radius 1 is 0.765 bits per heavy atom. The van der Waals surface area contributed by atoms with Gasteiger partial charge in [0.25, 0.3) is 0 Å². The van der Waals surface area contributed by atoms with Gasteiger partial charge in [0.05, 0.1) is 17.6 Å². The van der Waals surface area contributed by atoms with E-state index in [1.54, 1.807) is 6.20 Å². The summed E-state index contributed by atoms with van der Waals surface area (Å²) in [5.74, 6) is 0. The highest BCUT2D eigenvalue weighted by Crippen LogP contribution is 2.35. The quantitative estimate of drug-likeness (QED) is 0.278. The highest BCUT2D eigenvalue weighted by atomic mass is 31.1. The molecule has 1 aliphatic carbocycles. The lowest BCUT2D eigenvalue weighted by Gasteiger charge is -2.16. The minimum atomic E-state index is 0.0426. The Labute approximate surface area is 199 Å². The van der Waals surface area contributed by atoms with E-state index >= 15 is 0 Å². The first-order chi connectivity index (χ1) is 16.7. The van der Waals surface area contributed by atoms with Gasteiger partial charge in [0.15, 0.2) is 0 Å². The third-order valence-corrected chi connectivity index (χ3v) is 7.51. The van der Waals surface area contributed by atoms with Crippen LogP contribution in [0.4, 0.5) is 0 Å². The van der Waals surface area contributed by atoms with Crippen molar-refractivity contribution in [2.45, 2.75) is 12.8 Å². The summed E-state index contributed by atoms with van der Waals surface area (Å²) in [4.78, 5) is 37.1. The minimum absolute atomic E-state index is 0.0426. The third kappa shape index (κ3) is 3.79. The van der Waals surface area contributed by atoms with Crippen molar-refractivity contribution in [3.63, 3.8) is 0 Å². The number of hydrogen-bond acceptors (Lipinski definition) is 4. The monoisotopic (exact) mass is 482 g/mol. The Kier molecular flexibility index (Phi) is 5.41. The number of aryl methyl sites for hydroxylation is 2. The van der Waals surface area contributed by atoms with Gasteiger partial charge < -0.3 is 9.97 Å². The van der Waals surface area contributed by atoms with Crippen LogP contribution in [-0.4, -0.2) is 32.0 Å². The molecule has 0 fully saturated rings. The van der Waals surface area contributed by atoms with E-state index in [-0.39, 0.29) is 17.2 Å². The number of aromatic nitrogens is 4. The van der Waals surface area contributed by atoms with Gasteiger partial charge in [-0.05, 0) is 52.4 Å². The zero-order chi connectivity index (χ0) is 23.1. The second-order valence-corrected chi connectivity index (χ2v) is 10.2. The maximum Gasteiger partial charge on any atom is 0.146 e. The van der Waals surface area contributed by atoms with E-state index in [1.807, 2.05) is 0 Å². The number of hydrogen-bond donors (Lipinski definition) is 2. The van der Waals surface area contributed by atoms with Gasteiger partial charge >= 0.3 is 0 Å². The number of fused-ring (bicyclic) bond motifs is 4. The van der Waals surface area contributed by atoms with Crippen molar-refractivity contribution in [3.8, 4) is 33.6 Å². The van der Waals surface area contributed by atoms with Gasteiger partial charge in [-0.1, -0.05) is 42.5 Å².